The van der Waals surface area contributed by atoms with Gasteiger partial charge in [0.2, 0.25) is 0 Å². The van der Waals surface area contributed by atoms with Crippen LogP contribution in [-0.4, -0.2) is 48.6 Å². The van der Waals surface area contributed by atoms with Crippen LogP contribution in [0.1, 0.15) is 78.9 Å². The molecule has 0 radical (unpaired) electrons. The number of aliphatic hydroxyl groups is 1. The Bertz CT molecular complexity index is 1270. The van der Waals surface area contributed by atoms with Gasteiger partial charge in [-0.25, -0.2) is 4.79 Å². The Morgan fingerprint density at radius 1 is 1.17 bits per heavy atom. The van der Waals surface area contributed by atoms with E-state index in [0.717, 1.165) is 16.7 Å². The summed E-state index contributed by atoms with van der Waals surface area (Å²) in [5.41, 5.74) is -0.0168. The third-order valence-corrected chi connectivity index (χ3v) is 10.7. The molecule has 1 aliphatic heterocycles. The van der Waals surface area contributed by atoms with Crippen molar-refractivity contribution >= 4 is 23.7 Å². The molecule has 9 nitrogen and oxygen atoms in total. The molecule has 1 aromatic rings. The Morgan fingerprint density at radius 3 is 2.49 bits per heavy atom. The lowest BCUT2D eigenvalue weighted by molar-refractivity contribution is -0.202. The lowest BCUT2D eigenvalue weighted by atomic mass is 9.38. The van der Waals surface area contributed by atoms with E-state index in [9.17, 15) is 24.3 Å². The zero-order valence-electron chi connectivity index (χ0n) is 25.0. The number of ether oxygens (including phenoxy) is 3. The zero-order chi connectivity index (χ0) is 30.1. The number of methoxy groups -OCH3 is 1. The lowest BCUT2D eigenvalue weighted by Crippen LogP contribution is -2.68. The zero-order valence-corrected chi connectivity index (χ0v) is 25.0. The van der Waals surface area contributed by atoms with Crippen molar-refractivity contribution in [2.45, 2.75) is 79.4 Å². The Hall–Kier alpha value is -2.94. The molecule has 224 valence electrons. The van der Waals surface area contributed by atoms with E-state index < -0.39 is 58.1 Å². The second kappa shape index (κ2) is 10.1. The van der Waals surface area contributed by atoms with Gasteiger partial charge in [-0.05, 0) is 48.2 Å². The van der Waals surface area contributed by atoms with Crippen molar-refractivity contribution < 1.29 is 42.9 Å². The summed E-state index contributed by atoms with van der Waals surface area (Å²) >= 11 is 0. The summed E-state index contributed by atoms with van der Waals surface area (Å²) in [6.07, 6.45) is 2.61. The van der Waals surface area contributed by atoms with Crippen molar-refractivity contribution in [3.05, 3.63) is 35.3 Å². The molecule has 3 fully saturated rings. The highest BCUT2D eigenvalue weighted by molar-refractivity contribution is 5.96. The number of allylic oxidation sites excluding steroid dienone is 1. The van der Waals surface area contributed by atoms with E-state index in [2.05, 4.69) is 6.92 Å². The Morgan fingerprint density at radius 2 is 1.88 bits per heavy atom. The average Bonchev–Trinajstić information content (AvgIpc) is 3.43. The van der Waals surface area contributed by atoms with Gasteiger partial charge in [0.1, 0.15) is 11.9 Å². The number of carbonyl (C=O) groups is 4. The van der Waals surface area contributed by atoms with Gasteiger partial charge in [0, 0.05) is 28.2 Å². The van der Waals surface area contributed by atoms with Gasteiger partial charge in [-0.2, -0.15) is 0 Å². The van der Waals surface area contributed by atoms with Gasteiger partial charge in [-0.3, -0.25) is 14.4 Å². The number of hydrogen-bond donors (Lipinski definition) is 1. The van der Waals surface area contributed by atoms with Gasteiger partial charge in [0.05, 0.1) is 38.6 Å². The van der Waals surface area contributed by atoms with Gasteiger partial charge in [0.25, 0.3) is 0 Å². The maximum absolute atomic E-state index is 14.5. The van der Waals surface area contributed by atoms with Crippen LogP contribution in [0.25, 0.3) is 0 Å². The summed E-state index contributed by atoms with van der Waals surface area (Å²) in [6, 6.07) is 1.80. The molecule has 2 bridgehead atoms. The van der Waals surface area contributed by atoms with Crippen LogP contribution in [0, 0.1) is 45.8 Å². The van der Waals surface area contributed by atoms with Crippen LogP contribution in [0.5, 0.6) is 0 Å². The normalized spacial score (nSPS) is 36.7. The van der Waals surface area contributed by atoms with Crippen LogP contribution in [0.2, 0.25) is 0 Å². The second-order valence-electron chi connectivity index (χ2n) is 13.8. The molecule has 0 unspecified atom stereocenters. The van der Waals surface area contributed by atoms with Crippen molar-refractivity contribution in [3.8, 4) is 0 Å². The highest BCUT2D eigenvalue weighted by atomic mass is 16.6. The fourth-order valence-corrected chi connectivity index (χ4v) is 9.01. The van der Waals surface area contributed by atoms with Crippen LogP contribution in [0.15, 0.2) is 34.2 Å². The molecule has 1 aromatic heterocycles. The minimum atomic E-state index is -1.63. The first-order chi connectivity index (χ1) is 19.2. The molecule has 41 heavy (non-hydrogen) atoms. The summed E-state index contributed by atoms with van der Waals surface area (Å²) < 4.78 is 21.9. The number of hydrogen-bond acceptors (Lipinski definition) is 9. The Labute approximate surface area is 241 Å². The summed E-state index contributed by atoms with van der Waals surface area (Å²) in [5, 5.41) is 11.5. The standard InChI is InChI=1S/C32H42O9/c1-16(2)14-40-28(36)23-19-12-18-20(32(6,26(19)35)25(30(23,3)4)24(34)29(37)38-7)8-10-31(5)21(18)13-22(33)41-27(31)17-9-11-39-15-17/h9,11,15-16,19-20,23-25,27,34H,8,10,12-14H2,1-7H3/t19-,20-,23-,24+,25-,27-,31+,32+/m0/s1. The minimum Gasteiger partial charge on any atom is -0.472 e. The highest BCUT2D eigenvalue weighted by Gasteiger charge is 2.71. The first kappa shape index (κ1) is 29.5. The van der Waals surface area contributed by atoms with E-state index >= 15 is 0 Å². The number of aliphatic hydroxyl groups excluding tert-OH is 1. The van der Waals surface area contributed by atoms with Crippen LogP contribution in [0.3, 0.4) is 0 Å². The van der Waals surface area contributed by atoms with Crippen molar-refractivity contribution in [1.29, 1.82) is 0 Å². The van der Waals surface area contributed by atoms with Gasteiger partial charge >= 0.3 is 17.9 Å². The molecule has 3 aliphatic carbocycles. The molecule has 2 saturated carbocycles. The van der Waals surface area contributed by atoms with Crippen molar-refractivity contribution in [3.63, 3.8) is 0 Å². The predicted molar refractivity (Wildman–Crippen MR) is 146 cm³/mol. The molecule has 0 spiro atoms. The number of Topliss-reactive ketones (excluding diaryl/α,β-unsaturated/α-hetero) is 1. The molecule has 4 aliphatic rings. The fraction of sp³-hybridized carbons (Fsp3) is 0.688. The monoisotopic (exact) mass is 570 g/mol. The van der Waals surface area contributed by atoms with E-state index in [-0.39, 0.29) is 36.6 Å². The predicted octanol–water partition coefficient (Wildman–Crippen LogP) is 4.58. The molecule has 9 heteroatoms. The SMILES string of the molecule is COC(=O)[C@H](O)[C@H]1C(C)(C)[C@H](C(=O)OCC(C)C)[C@@H]2CC3=C4CC(=O)O[C@@H](c5ccoc5)[C@]4(C)CC[C@@H]3[C@@]1(C)C2=O. The molecule has 5 rings (SSSR count). The average molecular weight is 571 g/mol. The number of ketones is 1. The Balaban J connectivity index is 1.70. The quantitative estimate of drug-likeness (QED) is 0.297. The molecule has 1 N–H and O–H groups in total. The van der Waals surface area contributed by atoms with E-state index in [1.165, 1.54) is 7.11 Å². The Kier molecular flexibility index (Phi) is 7.28. The van der Waals surface area contributed by atoms with E-state index in [1.54, 1.807) is 18.6 Å². The van der Waals surface area contributed by atoms with Gasteiger partial charge in [-0.15, -0.1) is 0 Å². The lowest BCUT2D eigenvalue weighted by Gasteiger charge is -2.64. The molecule has 2 heterocycles. The smallest absolute Gasteiger partial charge is 0.335 e. The van der Waals surface area contributed by atoms with Crippen LogP contribution >= 0.6 is 0 Å². The van der Waals surface area contributed by atoms with E-state index in [4.69, 9.17) is 18.6 Å². The highest BCUT2D eigenvalue weighted by Crippen LogP contribution is 2.69. The molecule has 0 amide bonds. The van der Waals surface area contributed by atoms with Gasteiger partial charge in [-0.1, -0.05) is 47.1 Å². The summed E-state index contributed by atoms with van der Waals surface area (Å²) in [6.45, 7) is 11.7. The molecule has 0 aromatic carbocycles. The maximum atomic E-state index is 14.5. The summed E-state index contributed by atoms with van der Waals surface area (Å²) in [5.74, 6) is -4.61. The topological polar surface area (TPSA) is 129 Å². The number of cyclic esters (lactones) is 1. The van der Waals surface area contributed by atoms with Crippen LogP contribution in [0.4, 0.5) is 0 Å². The molecule has 8 atom stereocenters. The first-order valence-corrected chi connectivity index (χ1v) is 14.6. The number of esters is 3. The summed E-state index contributed by atoms with van der Waals surface area (Å²) in [4.78, 5) is 54.2. The van der Waals surface area contributed by atoms with Crippen molar-refractivity contribution in [1.82, 2.24) is 0 Å². The fourth-order valence-electron chi connectivity index (χ4n) is 9.01. The number of fused-ring (bicyclic) bond motifs is 5. The van der Waals surface area contributed by atoms with Crippen molar-refractivity contribution in [2.75, 3.05) is 13.7 Å². The van der Waals surface area contributed by atoms with Gasteiger partial charge in [0.15, 0.2) is 6.10 Å². The van der Waals surface area contributed by atoms with Gasteiger partial charge < -0.3 is 23.7 Å². The molecular weight excluding hydrogens is 528 g/mol. The minimum absolute atomic E-state index is 0.0871. The first-order valence-electron chi connectivity index (χ1n) is 14.6. The molecular formula is C32H42O9. The van der Waals surface area contributed by atoms with Crippen LogP contribution < -0.4 is 0 Å². The largest absolute Gasteiger partial charge is 0.472 e. The number of rotatable bonds is 6. The van der Waals surface area contributed by atoms with Crippen molar-refractivity contribution in [2.24, 2.45) is 45.8 Å². The third-order valence-electron chi connectivity index (χ3n) is 10.7. The van der Waals surface area contributed by atoms with E-state index in [1.807, 2.05) is 34.6 Å². The summed E-state index contributed by atoms with van der Waals surface area (Å²) in [7, 11) is 1.20. The number of carbonyl (C=O) groups excluding carboxylic acids is 4. The number of furan rings is 1. The second-order valence-corrected chi connectivity index (χ2v) is 13.8. The van der Waals surface area contributed by atoms with E-state index in [0.29, 0.717) is 19.3 Å². The molecule has 1 saturated heterocycles. The third kappa shape index (κ3) is 4.29. The maximum Gasteiger partial charge on any atom is 0.335 e. The van der Waals surface area contributed by atoms with Crippen LogP contribution in [-0.2, 0) is 33.4 Å².